The number of aliphatic hydroxyl groups is 1. The van der Waals surface area contributed by atoms with E-state index in [9.17, 15) is 5.11 Å². The molecule has 0 aliphatic carbocycles. The molecule has 2 heterocycles. The van der Waals surface area contributed by atoms with Crippen LogP contribution < -0.4 is 14.4 Å². The van der Waals surface area contributed by atoms with Gasteiger partial charge in [0.25, 0.3) is 0 Å². The number of pyridine rings is 1. The highest BCUT2D eigenvalue weighted by atomic mass is 16.5. The molecule has 1 N–H and O–H groups in total. The molecule has 31 heavy (non-hydrogen) atoms. The lowest BCUT2D eigenvalue weighted by molar-refractivity contribution is 0.0279. The molecule has 0 saturated carbocycles. The molecular weight excluding hydrogens is 392 g/mol. The van der Waals surface area contributed by atoms with Crippen LogP contribution in [0.2, 0.25) is 0 Å². The first-order valence-corrected chi connectivity index (χ1v) is 10.9. The number of ether oxygens (including phenoxy) is 2. The molecule has 7 nitrogen and oxygen atoms in total. The Morgan fingerprint density at radius 3 is 2.71 bits per heavy atom. The van der Waals surface area contributed by atoms with E-state index in [0.717, 1.165) is 55.4 Å². The topological polar surface area (TPSA) is 61.3 Å². The third kappa shape index (κ3) is 6.82. The van der Waals surface area contributed by atoms with Crippen molar-refractivity contribution in [1.82, 2.24) is 14.8 Å². The van der Waals surface area contributed by atoms with Crippen molar-refractivity contribution < 1.29 is 14.6 Å². The highest BCUT2D eigenvalue weighted by molar-refractivity contribution is 5.43. The number of benzene rings is 1. The Hall–Kier alpha value is -2.35. The average Bonchev–Trinajstić information content (AvgIpc) is 3.13. The molecule has 2 aromatic rings. The first-order valence-electron chi connectivity index (χ1n) is 10.9. The smallest absolute Gasteiger partial charge is 0.161 e. The summed E-state index contributed by atoms with van der Waals surface area (Å²) in [5.74, 6) is 2.44. The first kappa shape index (κ1) is 23.3. The van der Waals surface area contributed by atoms with E-state index in [1.54, 1.807) is 13.3 Å². The lowest BCUT2D eigenvalue weighted by atomic mass is 10.0. The largest absolute Gasteiger partial charge is 0.493 e. The summed E-state index contributed by atoms with van der Waals surface area (Å²) in [6, 6.07) is 12.0. The zero-order chi connectivity index (χ0) is 22.3. The number of likely N-dealkylation sites (N-methyl/N-ethyl adjacent to an activating group) is 1. The number of hydrogen-bond donors (Lipinski definition) is 1. The molecular formula is C24H36N4O3. The van der Waals surface area contributed by atoms with Gasteiger partial charge in [0.15, 0.2) is 11.5 Å². The van der Waals surface area contributed by atoms with Crippen LogP contribution in [0.3, 0.4) is 0 Å². The Balaban J connectivity index is 1.53. The summed E-state index contributed by atoms with van der Waals surface area (Å²) in [7, 11) is 7.83. The van der Waals surface area contributed by atoms with Gasteiger partial charge in [0, 0.05) is 38.9 Å². The van der Waals surface area contributed by atoms with E-state index in [0.29, 0.717) is 19.7 Å². The third-order valence-corrected chi connectivity index (χ3v) is 5.56. The molecule has 0 unspecified atom stereocenters. The molecule has 1 aromatic carbocycles. The number of nitrogens with zero attached hydrogens (tertiary/aromatic N) is 4. The Morgan fingerprint density at radius 1 is 1.16 bits per heavy atom. The summed E-state index contributed by atoms with van der Waals surface area (Å²) in [6.45, 7) is 4.39. The standard InChI is InChI=1S/C24H36N4O3/c1-26(2)13-7-15-31-21-10-9-20(16-22(21)30-4)17-27(3)18-24(29)11-14-28(19-24)23-8-5-6-12-25-23/h5-6,8-10,12,16,29H,7,11,13-15,17-19H2,1-4H3/t24-/m1/s1. The SMILES string of the molecule is COc1cc(CN(C)C[C@]2(O)CCN(c3ccccn3)C2)ccc1OCCCN(C)C. The summed E-state index contributed by atoms with van der Waals surface area (Å²) in [4.78, 5) is 10.9. The summed E-state index contributed by atoms with van der Waals surface area (Å²) < 4.78 is 11.4. The average molecular weight is 429 g/mol. The fourth-order valence-electron chi connectivity index (χ4n) is 4.08. The summed E-state index contributed by atoms with van der Waals surface area (Å²) in [6.07, 6.45) is 3.49. The zero-order valence-electron chi connectivity index (χ0n) is 19.3. The minimum Gasteiger partial charge on any atom is -0.493 e. The van der Waals surface area contributed by atoms with Crippen LogP contribution in [0.15, 0.2) is 42.6 Å². The van der Waals surface area contributed by atoms with E-state index < -0.39 is 5.60 Å². The quantitative estimate of drug-likeness (QED) is 0.552. The predicted molar refractivity (Wildman–Crippen MR) is 124 cm³/mol. The minimum absolute atomic E-state index is 0.595. The number of hydrogen-bond acceptors (Lipinski definition) is 7. The maximum absolute atomic E-state index is 11.1. The number of methoxy groups -OCH3 is 1. The van der Waals surface area contributed by atoms with Gasteiger partial charge in [-0.15, -0.1) is 0 Å². The summed E-state index contributed by atoms with van der Waals surface area (Å²) >= 11 is 0. The van der Waals surface area contributed by atoms with E-state index in [1.165, 1.54) is 0 Å². The first-order chi connectivity index (χ1) is 14.9. The lowest BCUT2D eigenvalue weighted by Crippen LogP contribution is -2.43. The maximum Gasteiger partial charge on any atom is 0.161 e. The highest BCUT2D eigenvalue weighted by Crippen LogP contribution is 2.30. The van der Waals surface area contributed by atoms with E-state index in [4.69, 9.17) is 9.47 Å². The molecule has 0 spiro atoms. The van der Waals surface area contributed by atoms with Crippen molar-refractivity contribution in [3.8, 4) is 11.5 Å². The second-order valence-corrected chi connectivity index (χ2v) is 8.75. The predicted octanol–water partition coefficient (Wildman–Crippen LogP) is 2.49. The Labute approximate surface area is 186 Å². The van der Waals surface area contributed by atoms with Crippen LogP contribution in [0.5, 0.6) is 11.5 Å². The molecule has 0 bridgehead atoms. The monoisotopic (exact) mass is 428 g/mol. The van der Waals surface area contributed by atoms with Crippen LogP contribution >= 0.6 is 0 Å². The lowest BCUT2D eigenvalue weighted by Gasteiger charge is -2.29. The van der Waals surface area contributed by atoms with Crippen LogP contribution in [0.25, 0.3) is 0 Å². The molecule has 1 saturated heterocycles. The van der Waals surface area contributed by atoms with Crippen molar-refractivity contribution in [2.45, 2.75) is 25.0 Å². The number of anilines is 1. The highest BCUT2D eigenvalue weighted by Gasteiger charge is 2.37. The molecule has 7 heteroatoms. The third-order valence-electron chi connectivity index (χ3n) is 5.56. The van der Waals surface area contributed by atoms with E-state index in [2.05, 4.69) is 39.8 Å². The van der Waals surface area contributed by atoms with Gasteiger partial charge in [0.05, 0.1) is 19.3 Å². The molecule has 1 aromatic heterocycles. The van der Waals surface area contributed by atoms with Crippen LogP contribution in [0.4, 0.5) is 5.82 Å². The van der Waals surface area contributed by atoms with Gasteiger partial charge >= 0.3 is 0 Å². The van der Waals surface area contributed by atoms with Gasteiger partial charge in [0.1, 0.15) is 5.82 Å². The van der Waals surface area contributed by atoms with Crippen molar-refractivity contribution in [3.05, 3.63) is 48.2 Å². The second kappa shape index (κ2) is 10.8. The second-order valence-electron chi connectivity index (χ2n) is 8.75. The normalized spacial score (nSPS) is 18.7. The molecule has 1 atom stereocenters. The molecule has 0 amide bonds. The van der Waals surface area contributed by atoms with Crippen LogP contribution in [0, 0.1) is 0 Å². The van der Waals surface area contributed by atoms with Crippen LogP contribution in [-0.4, -0.2) is 86.5 Å². The zero-order valence-corrected chi connectivity index (χ0v) is 19.3. The Kier molecular flexibility index (Phi) is 8.12. The van der Waals surface area contributed by atoms with E-state index in [1.807, 2.05) is 37.4 Å². The van der Waals surface area contributed by atoms with Gasteiger partial charge < -0.3 is 24.4 Å². The van der Waals surface area contributed by atoms with Crippen molar-refractivity contribution in [3.63, 3.8) is 0 Å². The van der Waals surface area contributed by atoms with Crippen LogP contribution in [-0.2, 0) is 6.54 Å². The van der Waals surface area contributed by atoms with E-state index in [-0.39, 0.29) is 0 Å². The maximum atomic E-state index is 11.1. The molecule has 1 aliphatic heterocycles. The minimum atomic E-state index is -0.744. The van der Waals surface area contributed by atoms with Gasteiger partial charge in [-0.2, -0.15) is 0 Å². The summed E-state index contributed by atoms with van der Waals surface area (Å²) in [5.41, 5.74) is 0.384. The number of β-amino-alcohol motifs (C(OH)–C–C–N with tert-alkyl or cyclic N) is 1. The number of rotatable bonds is 11. The molecule has 170 valence electrons. The van der Waals surface area contributed by atoms with Crippen molar-refractivity contribution in [2.75, 3.05) is 65.9 Å². The fraction of sp³-hybridized carbons (Fsp3) is 0.542. The van der Waals surface area contributed by atoms with Crippen molar-refractivity contribution >= 4 is 5.82 Å². The Morgan fingerprint density at radius 2 is 2.00 bits per heavy atom. The van der Waals surface area contributed by atoms with Crippen LogP contribution in [0.1, 0.15) is 18.4 Å². The fourth-order valence-corrected chi connectivity index (χ4v) is 4.08. The van der Waals surface area contributed by atoms with Crippen molar-refractivity contribution in [2.24, 2.45) is 0 Å². The summed E-state index contributed by atoms with van der Waals surface area (Å²) in [5, 5.41) is 11.1. The van der Waals surface area contributed by atoms with Crippen molar-refractivity contribution in [1.29, 1.82) is 0 Å². The number of aromatic nitrogens is 1. The molecule has 3 rings (SSSR count). The van der Waals surface area contributed by atoms with E-state index >= 15 is 0 Å². The van der Waals surface area contributed by atoms with Gasteiger partial charge in [-0.3, -0.25) is 4.90 Å². The molecule has 1 fully saturated rings. The van der Waals surface area contributed by atoms with Gasteiger partial charge in [-0.1, -0.05) is 12.1 Å². The van der Waals surface area contributed by atoms with Gasteiger partial charge in [0.2, 0.25) is 0 Å². The molecule has 1 aliphatic rings. The van der Waals surface area contributed by atoms with Gasteiger partial charge in [-0.05, 0) is 63.8 Å². The molecule has 0 radical (unpaired) electrons. The Bertz CT molecular complexity index is 818. The van der Waals surface area contributed by atoms with Gasteiger partial charge in [-0.25, -0.2) is 4.98 Å².